The highest BCUT2D eigenvalue weighted by atomic mass is 35.5. The predicted octanol–water partition coefficient (Wildman–Crippen LogP) is 4.25. The summed E-state index contributed by atoms with van der Waals surface area (Å²) in [7, 11) is 0. The number of nitrogens with zero attached hydrogens (tertiary/aromatic N) is 2. The fourth-order valence-corrected chi connectivity index (χ4v) is 3.60. The zero-order valence-electron chi connectivity index (χ0n) is 17.2. The molecule has 0 bridgehead atoms. The minimum atomic E-state index is -1.60. The van der Waals surface area contributed by atoms with Gasteiger partial charge in [-0.05, 0) is 38.0 Å². The average Bonchev–Trinajstić information content (AvgIpc) is 3.22. The van der Waals surface area contributed by atoms with E-state index < -0.39 is 34.5 Å². The Morgan fingerprint density at radius 3 is 2.81 bits per heavy atom. The topological polar surface area (TPSA) is 89.0 Å². The Balaban J connectivity index is 1.82. The van der Waals surface area contributed by atoms with Gasteiger partial charge in [0.25, 0.3) is 0 Å². The van der Waals surface area contributed by atoms with Crippen LogP contribution < -0.4 is 9.64 Å². The number of carbonyl (C=O) groups is 2. The van der Waals surface area contributed by atoms with Crippen LogP contribution in [-0.2, 0) is 9.53 Å². The lowest BCUT2D eigenvalue weighted by Crippen LogP contribution is -2.35. The van der Waals surface area contributed by atoms with E-state index in [-0.39, 0.29) is 30.8 Å². The smallest absolute Gasteiger partial charge is 0.342 e. The summed E-state index contributed by atoms with van der Waals surface area (Å²) in [5, 5.41) is 9.54. The van der Waals surface area contributed by atoms with E-state index in [1.807, 2.05) is 0 Å². The zero-order chi connectivity index (χ0) is 23.3. The molecule has 0 spiro atoms. The van der Waals surface area contributed by atoms with Crippen molar-refractivity contribution in [1.82, 2.24) is 4.98 Å². The van der Waals surface area contributed by atoms with Crippen LogP contribution in [0, 0.1) is 11.6 Å². The number of Topliss-reactive ketones (excluding diaryl/α,β-unsaturated/α-hetero) is 1. The van der Waals surface area contributed by atoms with Crippen LogP contribution in [-0.4, -0.2) is 47.6 Å². The molecular weight excluding hydrogens is 446 g/mol. The Hall–Kier alpha value is -3.20. The third kappa shape index (κ3) is 5.16. The molecule has 0 amide bonds. The number of carbonyl (C=O) groups excluding carboxylic acids is 1. The number of pyridine rings is 1. The molecule has 0 aliphatic carbocycles. The maximum absolute atomic E-state index is 14.9. The van der Waals surface area contributed by atoms with Crippen molar-refractivity contribution in [1.29, 1.82) is 0 Å². The number of aromatic nitrogens is 1. The molecule has 7 nitrogen and oxygen atoms in total. The molecule has 0 saturated carbocycles. The van der Waals surface area contributed by atoms with E-state index in [1.165, 1.54) is 6.20 Å². The maximum Gasteiger partial charge on any atom is 0.342 e. The van der Waals surface area contributed by atoms with Crippen LogP contribution in [0.2, 0.25) is 5.02 Å². The van der Waals surface area contributed by atoms with Gasteiger partial charge in [0.05, 0.1) is 23.9 Å². The summed E-state index contributed by atoms with van der Waals surface area (Å²) in [5.74, 6) is -4.42. The molecule has 1 aromatic heterocycles. The summed E-state index contributed by atoms with van der Waals surface area (Å²) in [6.45, 7) is 2.31. The molecule has 1 aliphatic rings. The minimum Gasteiger partial charge on any atom is -0.500 e. The second-order valence-electron chi connectivity index (χ2n) is 7.00. The predicted molar refractivity (Wildman–Crippen MR) is 113 cm³/mol. The van der Waals surface area contributed by atoms with Crippen molar-refractivity contribution in [2.45, 2.75) is 25.8 Å². The Labute approximate surface area is 188 Å². The van der Waals surface area contributed by atoms with E-state index in [0.717, 1.165) is 18.7 Å². The molecule has 32 heavy (non-hydrogen) atoms. The standard InChI is InChI=1S/C22H21ClF2N2O5/c1-2-31-12-15(22(29)30)20(28)14-9-18(25)19(10-17(14)24)27-8-4-5-13(27)11-32-21-16(23)6-3-7-26-21/h3,6-7,9-10,12-13H,2,4-5,8,11H2,1H3,(H,29,30)/b15-12-. The molecule has 1 aliphatic heterocycles. The van der Waals surface area contributed by atoms with Crippen LogP contribution in [0.5, 0.6) is 5.88 Å². The number of ether oxygens (including phenoxy) is 2. The third-order valence-corrected chi connectivity index (χ3v) is 5.24. The number of hydrogen-bond acceptors (Lipinski definition) is 6. The first-order valence-electron chi connectivity index (χ1n) is 9.92. The first-order chi connectivity index (χ1) is 15.3. The van der Waals surface area contributed by atoms with Crippen molar-refractivity contribution in [2.24, 2.45) is 0 Å². The summed E-state index contributed by atoms with van der Waals surface area (Å²) in [4.78, 5) is 29.5. The van der Waals surface area contributed by atoms with Gasteiger partial charge in [-0.3, -0.25) is 4.79 Å². The number of anilines is 1. The maximum atomic E-state index is 14.9. The summed E-state index contributed by atoms with van der Waals surface area (Å²) in [5.41, 5.74) is -1.52. The van der Waals surface area contributed by atoms with Gasteiger partial charge in [-0.1, -0.05) is 11.6 Å². The molecule has 170 valence electrons. The first kappa shape index (κ1) is 23.5. The van der Waals surface area contributed by atoms with Crippen LogP contribution >= 0.6 is 11.6 Å². The lowest BCUT2D eigenvalue weighted by Gasteiger charge is -2.27. The van der Waals surface area contributed by atoms with Crippen molar-refractivity contribution in [2.75, 3.05) is 24.7 Å². The molecule has 1 atom stereocenters. The van der Waals surface area contributed by atoms with Crippen molar-refractivity contribution >= 4 is 29.0 Å². The van der Waals surface area contributed by atoms with Crippen molar-refractivity contribution in [3.05, 3.63) is 64.5 Å². The normalized spacial score (nSPS) is 16.2. The molecular formula is C22H21ClF2N2O5. The van der Waals surface area contributed by atoms with E-state index in [2.05, 4.69) is 4.98 Å². The quantitative estimate of drug-likeness (QED) is 0.194. The molecule has 1 aromatic carbocycles. The van der Waals surface area contributed by atoms with Gasteiger partial charge < -0.3 is 19.5 Å². The summed E-state index contributed by atoms with van der Waals surface area (Å²) < 4.78 is 40.2. The van der Waals surface area contributed by atoms with Crippen LogP contribution in [0.3, 0.4) is 0 Å². The van der Waals surface area contributed by atoms with Crippen LogP contribution in [0.4, 0.5) is 14.5 Å². The van der Waals surface area contributed by atoms with Crippen molar-refractivity contribution in [3.63, 3.8) is 0 Å². The van der Waals surface area contributed by atoms with Crippen LogP contribution in [0.15, 0.2) is 42.3 Å². The highest BCUT2D eigenvalue weighted by molar-refractivity contribution is 6.31. The Morgan fingerprint density at radius 2 is 2.12 bits per heavy atom. The second kappa shape index (κ2) is 10.4. The van der Waals surface area contributed by atoms with Gasteiger partial charge in [-0.2, -0.15) is 0 Å². The molecule has 3 rings (SSSR count). The number of carboxylic acids is 1. The van der Waals surface area contributed by atoms with E-state index in [9.17, 15) is 23.5 Å². The highest BCUT2D eigenvalue weighted by Gasteiger charge is 2.30. The van der Waals surface area contributed by atoms with Gasteiger partial charge in [0, 0.05) is 18.8 Å². The molecule has 10 heteroatoms. The van der Waals surface area contributed by atoms with Gasteiger partial charge in [0.2, 0.25) is 11.7 Å². The SMILES string of the molecule is CCO/C=C(\C(=O)O)C(=O)c1cc(F)c(N2CCCC2COc2ncccc2Cl)cc1F. The van der Waals surface area contributed by atoms with Crippen LogP contribution in [0.25, 0.3) is 0 Å². The summed E-state index contributed by atoms with van der Waals surface area (Å²) in [6.07, 6.45) is 3.66. The minimum absolute atomic E-state index is 0.0390. The fraction of sp³-hybridized carbons (Fsp3) is 0.318. The van der Waals surface area contributed by atoms with Crippen molar-refractivity contribution < 1.29 is 33.0 Å². The number of benzene rings is 1. The lowest BCUT2D eigenvalue weighted by atomic mass is 10.0. The largest absolute Gasteiger partial charge is 0.500 e. The molecule has 1 N–H and O–H groups in total. The fourth-order valence-electron chi connectivity index (χ4n) is 3.42. The Bertz CT molecular complexity index is 1050. The summed E-state index contributed by atoms with van der Waals surface area (Å²) >= 11 is 6.04. The van der Waals surface area contributed by atoms with Gasteiger partial charge in [-0.15, -0.1) is 0 Å². The second-order valence-corrected chi connectivity index (χ2v) is 7.40. The van der Waals surface area contributed by atoms with Gasteiger partial charge in [-0.25, -0.2) is 18.6 Å². The first-order valence-corrected chi connectivity index (χ1v) is 10.3. The van der Waals surface area contributed by atoms with E-state index in [4.69, 9.17) is 21.1 Å². The number of carboxylic acid groups (broad SMARTS) is 1. The van der Waals surface area contributed by atoms with E-state index in [1.54, 1.807) is 24.0 Å². The molecule has 1 unspecified atom stereocenters. The van der Waals surface area contributed by atoms with Gasteiger partial charge in [0.1, 0.15) is 35.1 Å². The Kier molecular flexibility index (Phi) is 7.63. The van der Waals surface area contributed by atoms with Crippen LogP contribution in [0.1, 0.15) is 30.1 Å². The third-order valence-electron chi connectivity index (χ3n) is 4.95. The lowest BCUT2D eigenvalue weighted by molar-refractivity contribution is -0.132. The number of rotatable bonds is 9. The number of ketones is 1. The molecule has 1 fully saturated rings. The van der Waals surface area contributed by atoms with Crippen molar-refractivity contribution in [3.8, 4) is 5.88 Å². The van der Waals surface area contributed by atoms with Gasteiger partial charge in [0.15, 0.2) is 0 Å². The number of halogens is 3. The van der Waals surface area contributed by atoms with E-state index >= 15 is 0 Å². The molecule has 0 radical (unpaired) electrons. The van der Waals surface area contributed by atoms with Gasteiger partial charge >= 0.3 is 5.97 Å². The average molecular weight is 467 g/mol. The number of hydrogen-bond donors (Lipinski definition) is 1. The number of aliphatic carboxylic acids is 1. The summed E-state index contributed by atoms with van der Waals surface area (Å²) in [6, 6.07) is 4.64. The Morgan fingerprint density at radius 1 is 1.34 bits per heavy atom. The highest BCUT2D eigenvalue weighted by Crippen LogP contribution is 2.31. The molecule has 1 saturated heterocycles. The monoisotopic (exact) mass is 466 g/mol. The van der Waals surface area contributed by atoms with E-state index in [0.29, 0.717) is 24.1 Å². The zero-order valence-corrected chi connectivity index (χ0v) is 17.9. The molecule has 2 heterocycles. The molecule has 2 aromatic rings.